The lowest BCUT2D eigenvalue weighted by molar-refractivity contribution is -0.113. The fourth-order valence-electron chi connectivity index (χ4n) is 3.02. The molecule has 1 N–H and O–H groups in total. The second-order valence-electron chi connectivity index (χ2n) is 5.48. The summed E-state index contributed by atoms with van der Waals surface area (Å²) in [5.74, 6) is 1.16. The monoisotopic (exact) mass is 325 g/mol. The maximum Gasteiger partial charge on any atom is 0.235 e. The summed E-state index contributed by atoms with van der Waals surface area (Å²) >= 11 is 1.60. The molecular weight excluding hydrogens is 310 g/mol. The highest BCUT2D eigenvalue weighted by Crippen LogP contribution is 2.44. The van der Waals surface area contributed by atoms with Gasteiger partial charge >= 0.3 is 0 Å². The summed E-state index contributed by atoms with van der Waals surface area (Å²) in [5.41, 5.74) is 4.76. The van der Waals surface area contributed by atoms with Gasteiger partial charge in [-0.1, -0.05) is 12.1 Å². The van der Waals surface area contributed by atoms with Crippen LogP contribution < -0.4 is 5.32 Å². The first-order valence-corrected chi connectivity index (χ1v) is 8.34. The number of aryl methyl sites for hydroxylation is 2. The molecule has 3 heterocycles. The minimum absolute atomic E-state index is 0.00181. The van der Waals surface area contributed by atoms with Crippen LogP contribution in [-0.4, -0.2) is 31.4 Å². The first kappa shape index (κ1) is 14.2. The standard InChI is InChI=1S/C16H15N5OS/c1-9-13-15(23-8-12(22)19-16(13)21(2)20-9)10-4-3-5-11-14(10)18-7-6-17-11/h3-7,15H,8H2,1-2H3,(H,19,22)/t15-/m1/s1. The number of thioether (sulfide) groups is 1. The average molecular weight is 325 g/mol. The predicted octanol–water partition coefficient (Wildman–Crippen LogP) is 2.45. The highest BCUT2D eigenvalue weighted by Gasteiger charge is 2.30. The van der Waals surface area contributed by atoms with E-state index in [1.165, 1.54) is 0 Å². The van der Waals surface area contributed by atoms with E-state index in [1.54, 1.807) is 28.8 Å². The Labute approximate surface area is 137 Å². The van der Waals surface area contributed by atoms with Crippen molar-refractivity contribution in [3.63, 3.8) is 0 Å². The van der Waals surface area contributed by atoms with Gasteiger partial charge in [0.25, 0.3) is 0 Å². The minimum Gasteiger partial charge on any atom is -0.310 e. The summed E-state index contributed by atoms with van der Waals surface area (Å²) < 4.78 is 1.73. The Morgan fingerprint density at radius 2 is 2.13 bits per heavy atom. The summed E-state index contributed by atoms with van der Waals surface area (Å²) in [5, 5.41) is 7.44. The molecule has 0 spiro atoms. The van der Waals surface area contributed by atoms with Gasteiger partial charge in [0.05, 0.1) is 27.7 Å². The van der Waals surface area contributed by atoms with E-state index in [4.69, 9.17) is 0 Å². The van der Waals surface area contributed by atoms with Crippen LogP contribution in [-0.2, 0) is 11.8 Å². The number of amides is 1. The first-order chi connectivity index (χ1) is 11.1. The molecule has 7 heteroatoms. The number of nitrogens with one attached hydrogen (secondary N) is 1. The number of carbonyl (C=O) groups is 1. The van der Waals surface area contributed by atoms with Crippen LogP contribution in [0.25, 0.3) is 11.0 Å². The third-order valence-corrected chi connectivity index (χ3v) is 5.23. The van der Waals surface area contributed by atoms with Crippen LogP contribution in [0.1, 0.15) is 22.1 Å². The molecule has 0 aliphatic carbocycles. The second-order valence-corrected chi connectivity index (χ2v) is 6.58. The lowest BCUT2D eigenvalue weighted by atomic mass is 10.0. The Bertz CT molecular complexity index is 915. The van der Waals surface area contributed by atoms with Gasteiger partial charge in [-0.2, -0.15) is 5.10 Å². The van der Waals surface area contributed by atoms with Crippen molar-refractivity contribution in [2.75, 3.05) is 11.1 Å². The molecule has 0 radical (unpaired) electrons. The Hall–Kier alpha value is -2.41. The highest BCUT2D eigenvalue weighted by molar-refractivity contribution is 8.00. The number of benzene rings is 1. The zero-order valence-electron chi connectivity index (χ0n) is 12.8. The van der Waals surface area contributed by atoms with Crippen LogP contribution in [0.5, 0.6) is 0 Å². The largest absolute Gasteiger partial charge is 0.310 e. The Kier molecular flexibility index (Phi) is 3.30. The molecule has 0 saturated carbocycles. The summed E-state index contributed by atoms with van der Waals surface area (Å²) in [6, 6.07) is 5.99. The van der Waals surface area contributed by atoms with Crippen molar-refractivity contribution in [1.29, 1.82) is 0 Å². The van der Waals surface area contributed by atoms with E-state index in [-0.39, 0.29) is 11.2 Å². The number of carbonyl (C=O) groups excluding carboxylic acids is 1. The summed E-state index contributed by atoms with van der Waals surface area (Å²) in [7, 11) is 1.85. The van der Waals surface area contributed by atoms with Gasteiger partial charge in [-0.3, -0.25) is 19.4 Å². The number of fused-ring (bicyclic) bond motifs is 2. The fraction of sp³-hybridized carbons (Fsp3) is 0.250. The van der Waals surface area contributed by atoms with Crippen molar-refractivity contribution in [2.45, 2.75) is 12.2 Å². The van der Waals surface area contributed by atoms with E-state index in [2.05, 4.69) is 26.4 Å². The topological polar surface area (TPSA) is 72.7 Å². The van der Waals surface area contributed by atoms with Crippen molar-refractivity contribution >= 4 is 34.5 Å². The molecule has 0 saturated heterocycles. The van der Waals surface area contributed by atoms with Gasteiger partial charge in [0.2, 0.25) is 5.91 Å². The van der Waals surface area contributed by atoms with E-state index in [9.17, 15) is 4.79 Å². The van der Waals surface area contributed by atoms with Gasteiger partial charge < -0.3 is 5.32 Å². The van der Waals surface area contributed by atoms with Crippen molar-refractivity contribution in [3.8, 4) is 0 Å². The maximum absolute atomic E-state index is 12.0. The Morgan fingerprint density at radius 3 is 3.00 bits per heavy atom. The van der Waals surface area contributed by atoms with Crippen LogP contribution in [0, 0.1) is 6.92 Å². The van der Waals surface area contributed by atoms with Crippen molar-refractivity contribution in [3.05, 3.63) is 47.4 Å². The van der Waals surface area contributed by atoms with Gasteiger partial charge in [-0.15, -0.1) is 11.8 Å². The second kappa shape index (κ2) is 5.34. The van der Waals surface area contributed by atoms with E-state index in [0.29, 0.717) is 5.75 Å². The van der Waals surface area contributed by atoms with Crippen molar-refractivity contribution in [2.24, 2.45) is 7.05 Å². The molecule has 1 aromatic carbocycles. The zero-order chi connectivity index (χ0) is 16.0. The summed E-state index contributed by atoms with van der Waals surface area (Å²) in [6.45, 7) is 1.97. The predicted molar refractivity (Wildman–Crippen MR) is 90.4 cm³/mol. The van der Waals surface area contributed by atoms with E-state index in [0.717, 1.165) is 33.7 Å². The zero-order valence-corrected chi connectivity index (χ0v) is 13.6. The number of hydrogen-bond donors (Lipinski definition) is 1. The number of rotatable bonds is 1. The molecule has 1 amide bonds. The molecule has 1 aliphatic heterocycles. The van der Waals surface area contributed by atoms with Gasteiger partial charge in [0.15, 0.2) is 0 Å². The smallest absolute Gasteiger partial charge is 0.235 e. The molecule has 23 heavy (non-hydrogen) atoms. The van der Waals surface area contributed by atoms with Crippen LogP contribution >= 0.6 is 11.8 Å². The molecular formula is C16H15N5OS. The molecule has 2 aromatic heterocycles. The molecule has 0 bridgehead atoms. The van der Waals surface area contributed by atoms with Gasteiger partial charge in [-0.25, -0.2) is 0 Å². The molecule has 1 atom stereocenters. The Balaban J connectivity index is 1.96. The lowest BCUT2D eigenvalue weighted by Gasteiger charge is -2.16. The molecule has 6 nitrogen and oxygen atoms in total. The van der Waals surface area contributed by atoms with Crippen molar-refractivity contribution < 1.29 is 4.79 Å². The highest BCUT2D eigenvalue weighted by atomic mass is 32.2. The number of aromatic nitrogens is 4. The molecule has 3 aromatic rings. The number of hydrogen-bond acceptors (Lipinski definition) is 5. The van der Waals surface area contributed by atoms with Gasteiger partial charge in [-0.05, 0) is 18.6 Å². The molecule has 116 valence electrons. The van der Waals surface area contributed by atoms with E-state index >= 15 is 0 Å². The van der Waals surface area contributed by atoms with Crippen LogP contribution in [0.3, 0.4) is 0 Å². The molecule has 0 fully saturated rings. The number of para-hydroxylation sites is 1. The number of anilines is 1. The van der Waals surface area contributed by atoms with Gasteiger partial charge in [0, 0.05) is 25.0 Å². The lowest BCUT2D eigenvalue weighted by Crippen LogP contribution is -2.15. The van der Waals surface area contributed by atoms with E-state index < -0.39 is 0 Å². The van der Waals surface area contributed by atoms with E-state index in [1.807, 2.05) is 26.1 Å². The SMILES string of the molecule is Cc1nn(C)c2c1[C@@H](c1cccc3nccnc13)SCC(=O)N2. The maximum atomic E-state index is 12.0. The van der Waals surface area contributed by atoms with Crippen LogP contribution in [0.4, 0.5) is 5.82 Å². The quantitative estimate of drug-likeness (QED) is 0.744. The average Bonchev–Trinajstić information content (AvgIpc) is 2.72. The van der Waals surface area contributed by atoms with Gasteiger partial charge in [0.1, 0.15) is 5.82 Å². The first-order valence-electron chi connectivity index (χ1n) is 7.29. The third-order valence-electron chi connectivity index (χ3n) is 3.98. The fourth-order valence-corrected chi connectivity index (χ4v) is 4.23. The minimum atomic E-state index is -0.00642. The van der Waals surface area contributed by atoms with Crippen LogP contribution in [0.15, 0.2) is 30.6 Å². The summed E-state index contributed by atoms with van der Waals surface area (Å²) in [6.07, 6.45) is 3.39. The molecule has 4 rings (SSSR count). The number of nitrogens with zero attached hydrogens (tertiary/aromatic N) is 4. The van der Waals surface area contributed by atoms with Crippen LogP contribution in [0.2, 0.25) is 0 Å². The normalized spacial score (nSPS) is 17.7. The Morgan fingerprint density at radius 1 is 1.30 bits per heavy atom. The summed E-state index contributed by atoms with van der Waals surface area (Å²) in [4.78, 5) is 20.9. The third kappa shape index (κ3) is 2.28. The molecule has 1 aliphatic rings. The molecule has 0 unspecified atom stereocenters. The van der Waals surface area contributed by atoms with Crippen molar-refractivity contribution in [1.82, 2.24) is 19.7 Å².